The van der Waals surface area contributed by atoms with Crippen molar-refractivity contribution in [2.24, 2.45) is 0 Å². The maximum absolute atomic E-state index is 11.7. The first kappa shape index (κ1) is 14.5. The van der Waals surface area contributed by atoms with Crippen molar-refractivity contribution < 1.29 is 9.53 Å². The second-order valence-electron chi connectivity index (χ2n) is 4.23. The summed E-state index contributed by atoms with van der Waals surface area (Å²) >= 11 is 0. The third-order valence-electron chi connectivity index (χ3n) is 2.51. The van der Waals surface area contributed by atoms with E-state index < -0.39 is 6.10 Å². The van der Waals surface area contributed by atoms with Gasteiger partial charge >= 0.3 is 0 Å². The van der Waals surface area contributed by atoms with Crippen LogP contribution in [0.1, 0.15) is 25.8 Å². The number of carbonyl (C=O) groups is 1. The minimum atomic E-state index is -0.471. The lowest BCUT2D eigenvalue weighted by Crippen LogP contribution is -2.36. The highest BCUT2D eigenvalue weighted by Gasteiger charge is 2.13. The zero-order valence-electron chi connectivity index (χ0n) is 11.3. The Hall–Kier alpha value is -1.55. The first-order valence-corrected chi connectivity index (χ1v) is 6.35. The van der Waals surface area contributed by atoms with Gasteiger partial charge in [0.25, 0.3) is 5.91 Å². The molecule has 1 amide bonds. The zero-order chi connectivity index (χ0) is 13.4. The van der Waals surface area contributed by atoms with E-state index in [9.17, 15) is 4.79 Å². The Morgan fingerprint density at radius 1 is 1.44 bits per heavy atom. The van der Waals surface area contributed by atoms with Crippen molar-refractivity contribution in [3.8, 4) is 5.75 Å². The molecule has 0 spiro atoms. The molecule has 2 N–H and O–H groups in total. The first-order valence-electron chi connectivity index (χ1n) is 6.35. The van der Waals surface area contributed by atoms with Crippen LogP contribution in [0.15, 0.2) is 24.3 Å². The summed E-state index contributed by atoms with van der Waals surface area (Å²) in [5.74, 6) is 0.651. The third-order valence-corrected chi connectivity index (χ3v) is 2.51. The van der Waals surface area contributed by atoms with Crippen LogP contribution in [0.3, 0.4) is 0 Å². The van der Waals surface area contributed by atoms with Gasteiger partial charge < -0.3 is 15.4 Å². The number of rotatable bonds is 7. The van der Waals surface area contributed by atoms with Gasteiger partial charge in [-0.2, -0.15) is 0 Å². The number of hydrogen-bond donors (Lipinski definition) is 2. The molecule has 4 heteroatoms. The maximum Gasteiger partial charge on any atom is 0.260 e. The predicted molar refractivity (Wildman–Crippen MR) is 72.6 cm³/mol. The molecule has 1 aromatic rings. The van der Waals surface area contributed by atoms with E-state index in [0.717, 1.165) is 24.3 Å². The van der Waals surface area contributed by atoms with Gasteiger partial charge in [-0.25, -0.2) is 0 Å². The molecule has 0 aliphatic heterocycles. The largest absolute Gasteiger partial charge is 0.481 e. The van der Waals surface area contributed by atoms with Crippen LogP contribution in [0.25, 0.3) is 0 Å². The minimum absolute atomic E-state index is 0.0733. The SMILES string of the molecule is CCCNC(=O)C(C)Oc1cccc(CNC)c1. The normalized spacial score (nSPS) is 11.9. The molecule has 0 fully saturated rings. The lowest BCUT2D eigenvalue weighted by Gasteiger charge is -2.15. The molecule has 0 saturated heterocycles. The number of nitrogens with one attached hydrogen (secondary N) is 2. The third kappa shape index (κ3) is 4.75. The molecule has 0 saturated carbocycles. The van der Waals surface area contributed by atoms with E-state index in [1.807, 2.05) is 38.2 Å². The van der Waals surface area contributed by atoms with Gasteiger partial charge in [0.2, 0.25) is 0 Å². The molecular formula is C14H22N2O2. The highest BCUT2D eigenvalue weighted by atomic mass is 16.5. The average molecular weight is 250 g/mol. The first-order chi connectivity index (χ1) is 8.67. The summed E-state index contributed by atoms with van der Waals surface area (Å²) in [5.41, 5.74) is 1.14. The van der Waals surface area contributed by atoms with E-state index in [2.05, 4.69) is 10.6 Å². The van der Waals surface area contributed by atoms with Crippen LogP contribution in [-0.2, 0) is 11.3 Å². The molecule has 0 radical (unpaired) electrons. The lowest BCUT2D eigenvalue weighted by molar-refractivity contribution is -0.127. The van der Waals surface area contributed by atoms with Crippen LogP contribution in [0, 0.1) is 0 Å². The minimum Gasteiger partial charge on any atom is -0.481 e. The number of carbonyl (C=O) groups excluding carboxylic acids is 1. The van der Waals surface area contributed by atoms with Crippen molar-refractivity contribution in [3.05, 3.63) is 29.8 Å². The Kier molecular flexibility index (Phi) is 6.22. The molecule has 0 heterocycles. The van der Waals surface area contributed by atoms with E-state index in [1.165, 1.54) is 0 Å². The molecule has 18 heavy (non-hydrogen) atoms. The smallest absolute Gasteiger partial charge is 0.260 e. The molecule has 100 valence electrons. The Bertz CT molecular complexity index is 380. The highest BCUT2D eigenvalue weighted by Crippen LogP contribution is 2.14. The van der Waals surface area contributed by atoms with Gasteiger partial charge in [-0.15, -0.1) is 0 Å². The number of ether oxygens (including phenoxy) is 1. The fourth-order valence-electron chi connectivity index (χ4n) is 1.58. The summed E-state index contributed by atoms with van der Waals surface area (Å²) in [5, 5.41) is 5.90. The van der Waals surface area contributed by atoms with Crippen molar-refractivity contribution in [2.75, 3.05) is 13.6 Å². The molecule has 1 aromatic carbocycles. The highest BCUT2D eigenvalue weighted by molar-refractivity contribution is 5.80. The van der Waals surface area contributed by atoms with Crippen LogP contribution in [0.4, 0.5) is 0 Å². The Morgan fingerprint density at radius 2 is 2.22 bits per heavy atom. The Balaban J connectivity index is 2.55. The second kappa shape index (κ2) is 7.71. The van der Waals surface area contributed by atoms with Gasteiger partial charge in [0, 0.05) is 13.1 Å². The van der Waals surface area contributed by atoms with E-state index in [4.69, 9.17) is 4.74 Å². The molecule has 0 bridgehead atoms. The van der Waals surface area contributed by atoms with Gasteiger partial charge in [-0.3, -0.25) is 4.79 Å². The van der Waals surface area contributed by atoms with Crippen molar-refractivity contribution in [1.82, 2.24) is 10.6 Å². The quantitative estimate of drug-likeness (QED) is 0.774. The van der Waals surface area contributed by atoms with Gasteiger partial charge in [0.05, 0.1) is 0 Å². The van der Waals surface area contributed by atoms with Gasteiger partial charge in [0.1, 0.15) is 5.75 Å². The molecule has 4 nitrogen and oxygen atoms in total. The Morgan fingerprint density at radius 3 is 2.89 bits per heavy atom. The summed E-state index contributed by atoms with van der Waals surface area (Å²) in [4.78, 5) is 11.7. The monoisotopic (exact) mass is 250 g/mol. The summed E-state index contributed by atoms with van der Waals surface area (Å²) in [6.07, 6.45) is 0.456. The van der Waals surface area contributed by atoms with Crippen LogP contribution in [0.2, 0.25) is 0 Å². The van der Waals surface area contributed by atoms with Gasteiger partial charge in [0.15, 0.2) is 6.10 Å². The van der Waals surface area contributed by atoms with Crippen LogP contribution in [-0.4, -0.2) is 25.6 Å². The topological polar surface area (TPSA) is 50.4 Å². The van der Waals surface area contributed by atoms with Gasteiger partial charge in [-0.05, 0) is 38.1 Å². The predicted octanol–water partition coefficient (Wildman–Crippen LogP) is 1.70. The molecule has 0 aliphatic rings. The van der Waals surface area contributed by atoms with Crippen molar-refractivity contribution in [1.29, 1.82) is 0 Å². The molecule has 1 atom stereocenters. The number of hydrogen-bond acceptors (Lipinski definition) is 3. The number of amides is 1. The summed E-state index contributed by atoms with van der Waals surface area (Å²) in [6.45, 7) is 5.25. The molecule has 1 rings (SSSR count). The molecule has 1 unspecified atom stereocenters. The molecular weight excluding hydrogens is 228 g/mol. The second-order valence-corrected chi connectivity index (χ2v) is 4.23. The number of benzene rings is 1. The van der Waals surface area contributed by atoms with Crippen molar-refractivity contribution >= 4 is 5.91 Å². The summed E-state index contributed by atoms with van der Waals surface area (Å²) < 4.78 is 5.62. The standard InChI is InChI=1S/C14H22N2O2/c1-4-8-16-14(17)11(2)18-13-7-5-6-12(9-13)10-15-3/h5-7,9,11,15H,4,8,10H2,1-3H3,(H,16,17). The van der Waals surface area contributed by atoms with Gasteiger partial charge in [-0.1, -0.05) is 19.1 Å². The fourth-order valence-corrected chi connectivity index (χ4v) is 1.58. The van der Waals surface area contributed by atoms with Crippen LogP contribution >= 0.6 is 0 Å². The van der Waals surface area contributed by atoms with Crippen molar-refractivity contribution in [2.45, 2.75) is 32.9 Å². The summed E-state index contributed by atoms with van der Waals surface area (Å²) in [7, 11) is 1.90. The van der Waals surface area contributed by atoms with E-state index in [0.29, 0.717) is 6.54 Å². The Labute approximate surface area is 109 Å². The summed E-state index contributed by atoms with van der Waals surface area (Å²) in [6, 6.07) is 7.76. The van der Waals surface area contributed by atoms with Crippen LogP contribution < -0.4 is 15.4 Å². The van der Waals surface area contributed by atoms with E-state index >= 15 is 0 Å². The zero-order valence-corrected chi connectivity index (χ0v) is 11.3. The maximum atomic E-state index is 11.7. The molecule has 0 aromatic heterocycles. The van der Waals surface area contributed by atoms with E-state index in [-0.39, 0.29) is 5.91 Å². The molecule has 0 aliphatic carbocycles. The fraction of sp³-hybridized carbons (Fsp3) is 0.500. The average Bonchev–Trinajstić information content (AvgIpc) is 2.36. The van der Waals surface area contributed by atoms with Crippen LogP contribution in [0.5, 0.6) is 5.75 Å². The van der Waals surface area contributed by atoms with Crippen molar-refractivity contribution in [3.63, 3.8) is 0 Å². The lowest BCUT2D eigenvalue weighted by atomic mass is 10.2. The van der Waals surface area contributed by atoms with E-state index in [1.54, 1.807) is 6.92 Å².